The van der Waals surface area contributed by atoms with Gasteiger partial charge in [-0.3, -0.25) is 4.79 Å². The van der Waals surface area contributed by atoms with E-state index in [2.05, 4.69) is 12.6 Å². The van der Waals surface area contributed by atoms with Crippen molar-refractivity contribution in [1.82, 2.24) is 4.90 Å². The summed E-state index contributed by atoms with van der Waals surface area (Å²) in [5, 5.41) is -0.204. The van der Waals surface area contributed by atoms with Crippen molar-refractivity contribution >= 4 is 17.9 Å². The zero-order valence-corrected chi connectivity index (χ0v) is 11.4. The Kier molecular flexibility index (Phi) is 5.35. The number of benzene rings is 1. The number of hydrogen-bond acceptors (Lipinski definition) is 2. The van der Waals surface area contributed by atoms with Crippen LogP contribution in [0.15, 0.2) is 24.3 Å². The van der Waals surface area contributed by atoms with E-state index in [0.29, 0.717) is 6.54 Å². The number of thiol groups is 1. The molecule has 0 spiro atoms. The van der Waals surface area contributed by atoms with E-state index in [1.807, 2.05) is 38.1 Å². The molecule has 0 radical (unpaired) electrons. The normalized spacial score (nSPS) is 10.4. The summed E-state index contributed by atoms with van der Waals surface area (Å²) in [4.78, 5) is 12.5. The van der Waals surface area contributed by atoms with Crippen molar-refractivity contribution in [2.24, 2.45) is 0 Å². The second-order valence-corrected chi connectivity index (χ2v) is 4.65. The minimum atomic E-state index is -0.204. The lowest BCUT2D eigenvalue weighted by atomic mass is 10.1. The molecule has 1 aromatic carbocycles. The number of carbonyl (C=O) groups is 1. The fourth-order valence-corrected chi connectivity index (χ4v) is 1.50. The number of carbonyl (C=O) groups excluding carboxylic acids is 1. The van der Waals surface area contributed by atoms with E-state index >= 15 is 0 Å². The maximum atomic E-state index is 10.9. The van der Waals surface area contributed by atoms with Gasteiger partial charge in [0.25, 0.3) is 5.24 Å². The molecular weight excluding hydrogens is 234 g/mol. The van der Waals surface area contributed by atoms with Gasteiger partial charge in [0.05, 0.1) is 6.10 Å². The van der Waals surface area contributed by atoms with Crippen molar-refractivity contribution in [1.29, 1.82) is 0 Å². The molecule has 0 saturated heterocycles. The van der Waals surface area contributed by atoms with Crippen molar-refractivity contribution in [2.75, 3.05) is 13.6 Å². The fourth-order valence-electron chi connectivity index (χ4n) is 1.40. The molecule has 94 valence electrons. The van der Waals surface area contributed by atoms with Crippen LogP contribution in [-0.2, 0) is 6.42 Å². The predicted molar refractivity (Wildman–Crippen MR) is 72.9 cm³/mol. The van der Waals surface area contributed by atoms with Gasteiger partial charge < -0.3 is 9.64 Å². The molecule has 0 aliphatic rings. The van der Waals surface area contributed by atoms with Crippen LogP contribution in [0, 0.1) is 0 Å². The standard InChI is InChI=1S/C13H19NO2S/c1-10(2)16-12-6-4-11(5-7-12)8-9-14(3)13(15)17/h4-7,10H,8-9H2,1-3H3,(H,15,17). The molecule has 0 fully saturated rings. The van der Waals surface area contributed by atoms with Gasteiger partial charge in [0, 0.05) is 13.6 Å². The van der Waals surface area contributed by atoms with Crippen molar-refractivity contribution in [3.63, 3.8) is 0 Å². The Labute approximate surface area is 108 Å². The van der Waals surface area contributed by atoms with Gasteiger partial charge in [-0.25, -0.2) is 0 Å². The molecule has 1 amide bonds. The van der Waals surface area contributed by atoms with Crippen LogP contribution >= 0.6 is 12.6 Å². The average molecular weight is 253 g/mol. The van der Waals surface area contributed by atoms with Crippen LogP contribution in [0.1, 0.15) is 19.4 Å². The molecule has 0 aliphatic carbocycles. The van der Waals surface area contributed by atoms with Crippen LogP contribution in [0.25, 0.3) is 0 Å². The number of likely N-dealkylation sites (N-methyl/N-ethyl adjacent to an activating group) is 1. The average Bonchev–Trinajstić information content (AvgIpc) is 2.26. The highest BCUT2D eigenvalue weighted by Gasteiger charge is 2.03. The largest absolute Gasteiger partial charge is 0.491 e. The van der Waals surface area contributed by atoms with Crippen LogP contribution in [0.2, 0.25) is 0 Å². The molecule has 0 aliphatic heterocycles. The van der Waals surface area contributed by atoms with Gasteiger partial charge >= 0.3 is 0 Å². The van der Waals surface area contributed by atoms with Gasteiger partial charge in [-0.05, 0) is 38.0 Å². The monoisotopic (exact) mass is 253 g/mol. The third-order valence-corrected chi connectivity index (χ3v) is 2.70. The quantitative estimate of drug-likeness (QED) is 0.817. The van der Waals surface area contributed by atoms with Crippen molar-refractivity contribution < 1.29 is 9.53 Å². The summed E-state index contributed by atoms with van der Waals surface area (Å²) in [5.41, 5.74) is 1.18. The molecule has 1 aromatic rings. The summed E-state index contributed by atoms with van der Waals surface area (Å²) in [6.07, 6.45) is 1.01. The maximum absolute atomic E-state index is 10.9. The molecule has 0 N–H and O–H groups in total. The Hall–Kier alpha value is -1.16. The highest BCUT2D eigenvalue weighted by Crippen LogP contribution is 2.14. The van der Waals surface area contributed by atoms with Crippen molar-refractivity contribution in [3.05, 3.63) is 29.8 Å². The van der Waals surface area contributed by atoms with Gasteiger partial charge in [-0.1, -0.05) is 24.8 Å². The van der Waals surface area contributed by atoms with Crippen molar-refractivity contribution in [2.45, 2.75) is 26.4 Å². The Balaban J connectivity index is 2.48. The van der Waals surface area contributed by atoms with Crippen molar-refractivity contribution in [3.8, 4) is 5.75 Å². The number of amides is 1. The molecule has 17 heavy (non-hydrogen) atoms. The first kappa shape index (κ1) is 13.9. The lowest BCUT2D eigenvalue weighted by molar-refractivity contribution is 0.234. The lowest BCUT2D eigenvalue weighted by Gasteiger charge is -2.14. The summed E-state index contributed by atoms with van der Waals surface area (Å²) in [6, 6.07) is 7.96. The molecule has 0 atom stereocenters. The number of hydrogen-bond donors (Lipinski definition) is 1. The predicted octanol–water partition coefficient (Wildman–Crippen LogP) is 3.00. The molecule has 0 saturated carbocycles. The minimum absolute atomic E-state index is 0.189. The van der Waals surface area contributed by atoms with E-state index in [4.69, 9.17) is 4.74 Å². The molecule has 4 heteroatoms. The van der Waals surface area contributed by atoms with E-state index in [-0.39, 0.29) is 11.3 Å². The van der Waals surface area contributed by atoms with Crippen LogP contribution < -0.4 is 4.74 Å². The number of rotatable bonds is 5. The maximum Gasteiger partial charge on any atom is 0.278 e. The summed E-state index contributed by atoms with van der Waals surface area (Å²) in [7, 11) is 1.74. The Morgan fingerprint density at radius 1 is 1.35 bits per heavy atom. The van der Waals surface area contributed by atoms with Gasteiger partial charge in [-0.2, -0.15) is 0 Å². The van der Waals surface area contributed by atoms with Gasteiger partial charge in [0.15, 0.2) is 0 Å². The Morgan fingerprint density at radius 2 is 1.94 bits per heavy atom. The molecule has 3 nitrogen and oxygen atoms in total. The zero-order chi connectivity index (χ0) is 12.8. The SMILES string of the molecule is CC(C)Oc1ccc(CCN(C)C(=O)S)cc1. The Bertz CT molecular complexity index is 362. The molecule has 0 heterocycles. The lowest BCUT2D eigenvalue weighted by Crippen LogP contribution is -2.23. The number of nitrogens with zero attached hydrogens (tertiary/aromatic N) is 1. The minimum Gasteiger partial charge on any atom is -0.491 e. The van der Waals surface area contributed by atoms with Crippen LogP contribution in [0.3, 0.4) is 0 Å². The topological polar surface area (TPSA) is 29.5 Å². The van der Waals surface area contributed by atoms with Crippen LogP contribution in [0.4, 0.5) is 4.79 Å². The second-order valence-electron chi connectivity index (χ2n) is 4.26. The summed E-state index contributed by atoms with van der Waals surface area (Å²) >= 11 is 3.76. The van der Waals surface area contributed by atoms with Gasteiger partial charge in [-0.15, -0.1) is 0 Å². The smallest absolute Gasteiger partial charge is 0.278 e. The molecule has 0 aromatic heterocycles. The molecule has 0 bridgehead atoms. The number of ether oxygens (including phenoxy) is 1. The van der Waals surface area contributed by atoms with Crippen LogP contribution in [-0.4, -0.2) is 29.8 Å². The molecular formula is C13H19NO2S. The fraction of sp³-hybridized carbons (Fsp3) is 0.462. The highest BCUT2D eigenvalue weighted by atomic mass is 32.1. The first-order valence-electron chi connectivity index (χ1n) is 5.68. The first-order valence-corrected chi connectivity index (χ1v) is 6.13. The third-order valence-electron chi connectivity index (χ3n) is 2.36. The van der Waals surface area contributed by atoms with E-state index in [0.717, 1.165) is 12.2 Å². The highest BCUT2D eigenvalue weighted by molar-refractivity contribution is 7.96. The van der Waals surface area contributed by atoms with Gasteiger partial charge in [0.2, 0.25) is 0 Å². The van der Waals surface area contributed by atoms with E-state index in [1.165, 1.54) is 5.56 Å². The first-order chi connectivity index (χ1) is 7.99. The van der Waals surface area contributed by atoms with Gasteiger partial charge in [0.1, 0.15) is 5.75 Å². The van der Waals surface area contributed by atoms with E-state index in [1.54, 1.807) is 11.9 Å². The molecule has 0 unspecified atom stereocenters. The summed E-state index contributed by atoms with van der Waals surface area (Å²) in [6.45, 7) is 4.68. The van der Waals surface area contributed by atoms with E-state index in [9.17, 15) is 4.79 Å². The Morgan fingerprint density at radius 3 is 2.41 bits per heavy atom. The summed E-state index contributed by atoms with van der Waals surface area (Å²) in [5.74, 6) is 0.877. The zero-order valence-electron chi connectivity index (χ0n) is 10.5. The van der Waals surface area contributed by atoms with Crippen LogP contribution in [0.5, 0.6) is 5.75 Å². The third kappa shape index (κ3) is 5.13. The second kappa shape index (κ2) is 6.55. The summed E-state index contributed by atoms with van der Waals surface area (Å²) < 4.78 is 5.56. The van der Waals surface area contributed by atoms with E-state index < -0.39 is 0 Å². The molecule has 1 rings (SSSR count).